The van der Waals surface area contributed by atoms with Crippen LogP contribution in [-0.2, 0) is 0 Å². The first kappa shape index (κ1) is 30.6. The zero-order chi connectivity index (χ0) is 25.7. The van der Waals surface area contributed by atoms with Gasteiger partial charge in [-0.1, -0.05) is 0 Å². The fourth-order valence-corrected chi connectivity index (χ4v) is 3.27. The molecule has 0 radical (unpaired) electrons. The Morgan fingerprint density at radius 1 is 0.452 bits per heavy atom. The third-order valence-electron chi connectivity index (χ3n) is 3.70. The molecule has 0 aromatic heterocycles. The van der Waals surface area contributed by atoms with Crippen molar-refractivity contribution in [2.45, 2.75) is 66.5 Å². The summed E-state index contributed by atoms with van der Waals surface area (Å²) >= 11 is 10.3. The second-order valence-corrected chi connectivity index (χ2v) is 11.1. The van der Waals surface area contributed by atoms with Crippen molar-refractivity contribution in [1.82, 2.24) is 0 Å². The van der Waals surface area contributed by atoms with E-state index >= 15 is 0 Å². The first-order chi connectivity index (χ1) is 13.2. The molecular weight excluding hydrogens is 554 g/mol. The molecule has 188 valence electrons. The Balaban J connectivity index is 6.43. The summed E-state index contributed by atoms with van der Waals surface area (Å²) in [4.78, 5) is 0. The van der Waals surface area contributed by atoms with Gasteiger partial charge >= 0.3 is 47.6 Å². The minimum Gasteiger partial charge on any atom is -0.200 e. The topological polar surface area (TPSA) is 0 Å². The van der Waals surface area contributed by atoms with Crippen LogP contribution >= 0.6 is 22.2 Å². The Hall–Kier alpha value is -0.393. The molecule has 0 N–H and O–H groups in total. The van der Waals surface area contributed by atoms with Gasteiger partial charge in [0.25, 0.3) is 0 Å². The van der Waals surface area contributed by atoms with Crippen LogP contribution in [0, 0.1) is 0 Å². The quantitative estimate of drug-likeness (QED) is 0.148. The van der Waals surface area contributed by atoms with Crippen molar-refractivity contribution in [3.8, 4) is 0 Å². The molecule has 0 aromatic rings. The highest BCUT2D eigenvalue weighted by atomic mass is 35.7. The molecule has 0 saturated heterocycles. The fourth-order valence-electron chi connectivity index (χ4n) is 1.83. The van der Waals surface area contributed by atoms with Gasteiger partial charge < -0.3 is 0 Å². The molecule has 0 spiro atoms. The van der Waals surface area contributed by atoms with Gasteiger partial charge in [0.1, 0.15) is 0 Å². The third-order valence-corrected chi connectivity index (χ3v) is 5.85. The monoisotopic (exact) mass is 560 g/mol. The molecule has 0 aliphatic heterocycles. The molecule has 0 aliphatic carbocycles. The molecular formula is C11H7Cl2F17Si. The van der Waals surface area contributed by atoms with Crippen LogP contribution in [0.5, 0.6) is 0 Å². The zero-order valence-corrected chi connectivity index (χ0v) is 16.5. The van der Waals surface area contributed by atoms with Gasteiger partial charge in [-0.25, -0.2) is 0 Å². The smallest absolute Gasteiger partial charge is 0.200 e. The van der Waals surface area contributed by atoms with E-state index in [0.29, 0.717) is 0 Å². The Bertz CT molecular complexity index is 626. The van der Waals surface area contributed by atoms with Gasteiger partial charge in [-0.2, -0.15) is 96.8 Å². The van der Waals surface area contributed by atoms with Crippen LogP contribution in [-0.4, -0.2) is 55.1 Å². The largest absolute Gasteiger partial charge is 0.460 e. The highest BCUT2D eigenvalue weighted by molar-refractivity contribution is 7.33. The summed E-state index contributed by atoms with van der Waals surface area (Å²) in [5.41, 5.74) is 0. The first-order valence-corrected chi connectivity index (χ1v) is 11.5. The van der Waals surface area contributed by atoms with E-state index in [-0.39, 0.29) is 0 Å². The predicted molar refractivity (Wildman–Crippen MR) is 73.6 cm³/mol. The fraction of sp³-hybridized carbons (Fsp3) is 1.00. The van der Waals surface area contributed by atoms with Crippen molar-refractivity contribution in [2.24, 2.45) is 0 Å². The minimum absolute atomic E-state index is 0.733. The highest BCUT2D eigenvalue weighted by Crippen LogP contribution is 2.64. The van der Waals surface area contributed by atoms with Gasteiger partial charge in [-0.05, 0) is 12.5 Å². The van der Waals surface area contributed by atoms with E-state index in [0.717, 1.165) is 0 Å². The van der Waals surface area contributed by atoms with E-state index in [9.17, 15) is 74.6 Å². The van der Waals surface area contributed by atoms with Gasteiger partial charge in [0.2, 0.25) is 7.42 Å². The van der Waals surface area contributed by atoms with Crippen LogP contribution in [0.15, 0.2) is 0 Å². The molecule has 0 unspecified atom stereocenters. The Kier molecular flexibility index (Phi) is 8.32. The summed E-state index contributed by atoms with van der Waals surface area (Å²) in [5.74, 6) is -56.0. The second-order valence-electron chi connectivity index (χ2n) is 5.93. The lowest BCUT2D eigenvalue weighted by Crippen LogP contribution is -2.74. The van der Waals surface area contributed by atoms with E-state index in [1.54, 1.807) is 0 Å². The normalized spacial score (nSPS) is 16.3. The molecule has 31 heavy (non-hydrogen) atoms. The van der Waals surface area contributed by atoms with E-state index in [1.807, 2.05) is 0 Å². The van der Waals surface area contributed by atoms with Gasteiger partial charge in [-0.3, -0.25) is 0 Å². The molecule has 0 bridgehead atoms. The zero-order valence-electron chi connectivity index (χ0n) is 13.9. The lowest BCUT2D eigenvalue weighted by Gasteiger charge is -2.42. The molecule has 20 heteroatoms. The van der Waals surface area contributed by atoms with E-state index in [4.69, 9.17) is 22.2 Å². The predicted octanol–water partition coefficient (Wildman–Crippen LogP) is 7.47. The summed E-state index contributed by atoms with van der Waals surface area (Å²) < 4.78 is 220. The van der Waals surface area contributed by atoms with Crippen LogP contribution in [0.25, 0.3) is 0 Å². The second kappa shape index (κ2) is 8.43. The van der Waals surface area contributed by atoms with Gasteiger partial charge in [0.05, 0.1) is 0 Å². The average Bonchev–Trinajstić information content (AvgIpc) is 2.51. The SMILES string of the molecule is FC(F)(F)C(F)(F)C(F)(F)C(F)(F)C(F)(F)C(F)(F)C(F)(F)C(F)(F)CCC[SiH](Cl)Cl. The van der Waals surface area contributed by atoms with E-state index in [1.165, 1.54) is 0 Å². The third kappa shape index (κ3) is 4.66. The molecule has 0 rings (SSSR count). The molecule has 0 amide bonds. The van der Waals surface area contributed by atoms with E-state index in [2.05, 4.69) is 0 Å². The molecule has 0 aliphatic rings. The maximum absolute atomic E-state index is 13.4. The van der Waals surface area contributed by atoms with Gasteiger partial charge in [0, 0.05) is 6.42 Å². The number of halogens is 19. The molecule has 0 fully saturated rings. The molecule has 0 aromatic carbocycles. The number of alkyl halides is 17. The van der Waals surface area contributed by atoms with Gasteiger partial charge in [0.15, 0.2) is 0 Å². The standard InChI is InChI=1S/C11H7Cl2F17Si/c12-31(13)3-1-2-4(14,15)5(16,17)6(18,19)7(20,21)8(22,23)9(24,25)10(26,27)11(28,29)30/h31H,1-3H2. The van der Waals surface area contributed by atoms with Crippen LogP contribution < -0.4 is 0 Å². The highest BCUT2D eigenvalue weighted by Gasteiger charge is 2.95. The molecule has 0 heterocycles. The molecule has 0 nitrogen and oxygen atoms in total. The maximum Gasteiger partial charge on any atom is 0.460 e. The van der Waals surface area contributed by atoms with Crippen LogP contribution in [0.1, 0.15) is 12.8 Å². The summed E-state index contributed by atoms with van der Waals surface area (Å²) in [6, 6.07) is -0.733. The average molecular weight is 561 g/mol. The summed E-state index contributed by atoms with van der Waals surface area (Å²) in [6.07, 6.45) is -11.5. The number of hydrogen-bond acceptors (Lipinski definition) is 0. The van der Waals surface area contributed by atoms with E-state index < -0.39 is 73.9 Å². The summed E-state index contributed by atoms with van der Waals surface area (Å²) in [5, 5.41) is 0. The van der Waals surface area contributed by atoms with Crippen LogP contribution in [0.4, 0.5) is 74.6 Å². The van der Waals surface area contributed by atoms with Crippen molar-refractivity contribution in [2.75, 3.05) is 0 Å². The minimum atomic E-state index is -8.60. The lowest BCUT2D eigenvalue weighted by atomic mass is 9.88. The first-order valence-electron chi connectivity index (χ1n) is 7.16. The van der Waals surface area contributed by atoms with Crippen molar-refractivity contribution < 1.29 is 74.6 Å². The summed E-state index contributed by atoms with van der Waals surface area (Å²) in [7, 11) is -2.85. The van der Waals surface area contributed by atoms with Gasteiger partial charge in [-0.15, -0.1) is 0 Å². The summed E-state index contributed by atoms with van der Waals surface area (Å²) in [6.45, 7) is 0. The maximum atomic E-state index is 13.4. The van der Waals surface area contributed by atoms with Crippen molar-refractivity contribution in [3.63, 3.8) is 0 Å². The number of rotatable bonds is 10. The Labute approximate surface area is 171 Å². The van der Waals surface area contributed by atoms with Crippen LogP contribution in [0.3, 0.4) is 0 Å². The van der Waals surface area contributed by atoms with Crippen LogP contribution in [0.2, 0.25) is 6.04 Å². The Morgan fingerprint density at radius 2 is 0.742 bits per heavy atom. The number of hydrogen-bond donors (Lipinski definition) is 0. The van der Waals surface area contributed by atoms with Crippen molar-refractivity contribution in [3.05, 3.63) is 0 Å². The Morgan fingerprint density at radius 3 is 1.03 bits per heavy atom. The lowest BCUT2D eigenvalue weighted by molar-refractivity contribution is -0.461. The molecule has 0 saturated carbocycles. The van der Waals surface area contributed by atoms with Crippen molar-refractivity contribution in [1.29, 1.82) is 0 Å². The molecule has 0 atom stereocenters. The van der Waals surface area contributed by atoms with Crippen molar-refractivity contribution >= 4 is 29.6 Å².